The molecule has 9 heavy (non-hydrogen) atoms. The summed E-state index contributed by atoms with van der Waals surface area (Å²) in [4.78, 5) is 0. The minimum absolute atomic E-state index is 0.982. The van der Waals surface area contributed by atoms with E-state index in [9.17, 15) is 0 Å². The molecule has 1 aliphatic heterocycles. The van der Waals surface area contributed by atoms with Crippen molar-refractivity contribution in [2.75, 3.05) is 11.5 Å². The Morgan fingerprint density at radius 2 is 2.11 bits per heavy atom. The molecule has 0 amide bonds. The monoisotopic (exact) mass is 144 g/mol. The largest absolute Gasteiger partial charge is 0.162 e. The number of thioether (sulfide) groups is 1. The van der Waals surface area contributed by atoms with Crippen molar-refractivity contribution in [3.63, 3.8) is 0 Å². The summed E-state index contributed by atoms with van der Waals surface area (Å²) in [6, 6.07) is 0. The van der Waals surface area contributed by atoms with Crippen LogP contribution in [0.5, 0.6) is 0 Å². The average Bonchev–Trinajstić information content (AvgIpc) is 1.79. The van der Waals surface area contributed by atoms with Crippen LogP contribution in [0.4, 0.5) is 0 Å². The second-order valence-electron chi connectivity index (χ2n) is 3.03. The molecule has 0 saturated carbocycles. The van der Waals surface area contributed by atoms with Gasteiger partial charge in [-0.3, -0.25) is 0 Å². The summed E-state index contributed by atoms with van der Waals surface area (Å²) in [5, 5.41) is 0. The van der Waals surface area contributed by atoms with Gasteiger partial charge >= 0.3 is 0 Å². The maximum Gasteiger partial charge on any atom is -0.00418 e. The van der Waals surface area contributed by atoms with E-state index in [1.807, 2.05) is 0 Å². The molecule has 1 unspecified atom stereocenters. The van der Waals surface area contributed by atoms with Crippen molar-refractivity contribution in [3.8, 4) is 0 Å². The van der Waals surface area contributed by atoms with Gasteiger partial charge in [0, 0.05) is 0 Å². The van der Waals surface area contributed by atoms with Gasteiger partial charge in [0.25, 0.3) is 0 Å². The van der Waals surface area contributed by atoms with Crippen LogP contribution >= 0.6 is 11.8 Å². The number of rotatable bonds is 0. The van der Waals surface area contributed by atoms with Crippen LogP contribution in [0.2, 0.25) is 0 Å². The lowest BCUT2D eigenvalue weighted by Crippen LogP contribution is -2.02. The maximum atomic E-state index is 2.37. The predicted octanol–water partition coefficient (Wildman–Crippen LogP) is 2.93. The van der Waals surface area contributed by atoms with E-state index in [0.717, 1.165) is 5.92 Å². The number of hydrogen-bond acceptors (Lipinski definition) is 1. The van der Waals surface area contributed by atoms with Crippen molar-refractivity contribution in [2.45, 2.75) is 32.6 Å². The van der Waals surface area contributed by atoms with Gasteiger partial charge in [0.1, 0.15) is 0 Å². The molecule has 0 N–H and O–H groups in total. The van der Waals surface area contributed by atoms with Crippen molar-refractivity contribution in [1.29, 1.82) is 0 Å². The van der Waals surface area contributed by atoms with E-state index in [0.29, 0.717) is 0 Å². The SMILES string of the molecule is CC1CCCCCSC1. The third-order valence-electron chi connectivity index (χ3n) is 1.89. The van der Waals surface area contributed by atoms with Gasteiger partial charge in [-0.1, -0.05) is 19.8 Å². The van der Waals surface area contributed by atoms with Gasteiger partial charge in [-0.15, -0.1) is 0 Å². The summed E-state index contributed by atoms with van der Waals surface area (Å²) in [6.07, 6.45) is 5.86. The third-order valence-corrected chi connectivity index (χ3v) is 3.27. The Labute approximate surface area is 62.4 Å². The molecule has 0 radical (unpaired) electrons. The van der Waals surface area contributed by atoms with Crippen LogP contribution in [0, 0.1) is 5.92 Å². The van der Waals surface area contributed by atoms with Gasteiger partial charge in [0.15, 0.2) is 0 Å². The molecular weight excluding hydrogens is 128 g/mol. The molecule has 1 rings (SSSR count). The molecule has 1 saturated heterocycles. The molecule has 0 bridgehead atoms. The van der Waals surface area contributed by atoms with Crippen molar-refractivity contribution in [3.05, 3.63) is 0 Å². The molecule has 0 nitrogen and oxygen atoms in total. The molecule has 0 aliphatic carbocycles. The third kappa shape index (κ3) is 3.14. The molecule has 1 heteroatoms. The van der Waals surface area contributed by atoms with E-state index < -0.39 is 0 Å². The highest BCUT2D eigenvalue weighted by molar-refractivity contribution is 7.99. The van der Waals surface area contributed by atoms with Crippen LogP contribution in [-0.2, 0) is 0 Å². The van der Waals surface area contributed by atoms with Crippen LogP contribution in [0.3, 0.4) is 0 Å². The first-order valence-corrected chi connectivity index (χ1v) is 5.13. The lowest BCUT2D eigenvalue weighted by Gasteiger charge is -2.13. The summed E-state index contributed by atoms with van der Waals surface area (Å²) < 4.78 is 0. The molecule has 1 fully saturated rings. The van der Waals surface area contributed by atoms with Gasteiger partial charge in [-0.2, -0.15) is 11.8 Å². The molecule has 1 aliphatic rings. The molecule has 1 heterocycles. The maximum absolute atomic E-state index is 2.37. The Morgan fingerprint density at radius 3 is 3.00 bits per heavy atom. The Hall–Kier alpha value is 0.350. The van der Waals surface area contributed by atoms with Crippen molar-refractivity contribution in [2.24, 2.45) is 5.92 Å². The lowest BCUT2D eigenvalue weighted by atomic mass is 10.1. The van der Waals surface area contributed by atoms with E-state index in [1.165, 1.54) is 37.2 Å². The van der Waals surface area contributed by atoms with Gasteiger partial charge in [-0.05, 0) is 30.3 Å². The zero-order valence-corrected chi connectivity index (χ0v) is 7.04. The summed E-state index contributed by atoms with van der Waals surface area (Å²) >= 11 is 2.14. The molecule has 0 spiro atoms. The van der Waals surface area contributed by atoms with E-state index in [2.05, 4.69) is 18.7 Å². The second-order valence-corrected chi connectivity index (χ2v) is 4.18. The second kappa shape index (κ2) is 4.21. The van der Waals surface area contributed by atoms with Gasteiger partial charge < -0.3 is 0 Å². The van der Waals surface area contributed by atoms with Crippen molar-refractivity contribution >= 4 is 11.8 Å². The first kappa shape index (κ1) is 7.46. The predicted molar refractivity (Wildman–Crippen MR) is 45.0 cm³/mol. The van der Waals surface area contributed by atoms with E-state index in [4.69, 9.17) is 0 Å². The zero-order chi connectivity index (χ0) is 6.53. The fourth-order valence-electron chi connectivity index (χ4n) is 1.24. The van der Waals surface area contributed by atoms with Crippen LogP contribution < -0.4 is 0 Å². The summed E-state index contributed by atoms with van der Waals surface area (Å²) in [5.41, 5.74) is 0. The first-order chi connectivity index (χ1) is 4.39. The first-order valence-electron chi connectivity index (χ1n) is 3.97. The highest BCUT2D eigenvalue weighted by Crippen LogP contribution is 2.20. The molecule has 54 valence electrons. The standard InChI is InChI=1S/C8H16S/c1-8-5-3-2-4-6-9-7-8/h8H,2-7H2,1H3. The highest BCUT2D eigenvalue weighted by Gasteiger charge is 2.04. The molecule has 1 atom stereocenters. The smallest absolute Gasteiger partial charge is 0.00418 e. The lowest BCUT2D eigenvalue weighted by molar-refractivity contribution is 0.535. The summed E-state index contributed by atoms with van der Waals surface area (Å²) in [5.74, 6) is 3.79. The van der Waals surface area contributed by atoms with Crippen LogP contribution in [0.15, 0.2) is 0 Å². The fraction of sp³-hybridized carbons (Fsp3) is 1.00. The Bertz CT molecular complexity index is 63.0. The van der Waals surface area contributed by atoms with Crippen molar-refractivity contribution < 1.29 is 0 Å². The fourth-order valence-corrected chi connectivity index (χ4v) is 2.39. The zero-order valence-electron chi connectivity index (χ0n) is 6.23. The molecular formula is C8H16S. The summed E-state index contributed by atoms with van der Waals surface area (Å²) in [7, 11) is 0. The van der Waals surface area contributed by atoms with Gasteiger partial charge in [0.2, 0.25) is 0 Å². The number of hydrogen-bond donors (Lipinski definition) is 0. The molecule has 0 aromatic carbocycles. The normalized spacial score (nSPS) is 31.0. The minimum Gasteiger partial charge on any atom is -0.162 e. The topological polar surface area (TPSA) is 0 Å². The summed E-state index contributed by atoms with van der Waals surface area (Å²) in [6.45, 7) is 2.37. The quantitative estimate of drug-likeness (QED) is 0.503. The van der Waals surface area contributed by atoms with E-state index >= 15 is 0 Å². The Morgan fingerprint density at radius 1 is 1.22 bits per heavy atom. The van der Waals surface area contributed by atoms with Crippen molar-refractivity contribution in [1.82, 2.24) is 0 Å². The minimum atomic E-state index is 0.982. The Balaban J connectivity index is 2.12. The van der Waals surface area contributed by atoms with Crippen LogP contribution in [0.25, 0.3) is 0 Å². The average molecular weight is 144 g/mol. The van der Waals surface area contributed by atoms with Crippen LogP contribution in [-0.4, -0.2) is 11.5 Å². The van der Waals surface area contributed by atoms with Gasteiger partial charge in [-0.25, -0.2) is 0 Å². The van der Waals surface area contributed by atoms with E-state index in [1.54, 1.807) is 0 Å². The van der Waals surface area contributed by atoms with Gasteiger partial charge in [0.05, 0.1) is 0 Å². The van der Waals surface area contributed by atoms with E-state index in [-0.39, 0.29) is 0 Å². The highest BCUT2D eigenvalue weighted by atomic mass is 32.2. The molecule has 0 aromatic heterocycles. The Kier molecular flexibility index (Phi) is 3.49. The molecule has 0 aromatic rings. The van der Waals surface area contributed by atoms with Crippen LogP contribution in [0.1, 0.15) is 32.6 Å².